The molecule has 32 heavy (non-hydrogen) atoms. The Morgan fingerprint density at radius 3 is 2.12 bits per heavy atom. The van der Waals surface area contributed by atoms with E-state index < -0.39 is 29.3 Å². The predicted octanol–water partition coefficient (Wildman–Crippen LogP) is 4.10. The molecule has 0 radical (unpaired) electrons. The Kier molecular flexibility index (Phi) is 10.7. The fraction of sp³-hybridized carbons (Fsp3) is 0.625. The first-order chi connectivity index (χ1) is 14.8. The minimum absolute atomic E-state index is 0.0518. The molecule has 0 unspecified atom stereocenters. The van der Waals surface area contributed by atoms with E-state index in [1.54, 1.807) is 20.8 Å². The maximum atomic E-state index is 12.9. The van der Waals surface area contributed by atoms with Gasteiger partial charge in [-0.2, -0.15) is 0 Å². The molecule has 1 rings (SSSR count). The highest BCUT2D eigenvalue weighted by atomic mass is 16.6. The molecule has 1 aromatic rings. The number of ether oxygens (including phenoxy) is 4. The number of benzene rings is 1. The van der Waals surface area contributed by atoms with E-state index in [9.17, 15) is 14.4 Å². The second kappa shape index (κ2) is 12.4. The lowest BCUT2D eigenvalue weighted by atomic mass is 10.1. The minimum atomic E-state index is -1.01. The third-order valence-electron chi connectivity index (χ3n) is 4.16. The van der Waals surface area contributed by atoms with Gasteiger partial charge in [-0.15, -0.1) is 0 Å². The third-order valence-corrected chi connectivity index (χ3v) is 4.16. The fourth-order valence-corrected chi connectivity index (χ4v) is 2.71. The normalized spacial score (nSPS) is 12.6. The number of amides is 1. The molecule has 0 aliphatic heterocycles. The van der Waals surface area contributed by atoms with Crippen molar-refractivity contribution >= 4 is 18.0 Å². The summed E-state index contributed by atoms with van der Waals surface area (Å²) in [4.78, 5) is 38.7. The molecule has 8 heteroatoms. The van der Waals surface area contributed by atoms with E-state index in [4.69, 9.17) is 18.9 Å². The molecule has 0 heterocycles. The number of carbonyl (C=O) groups is 3. The van der Waals surface area contributed by atoms with E-state index in [-0.39, 0.29) is 32.1 Å². The smallest absolute Gasteiger partial charge is 0.410 e. The molecule has 1 aromatic carbocycles. The van der Waals surface area contributed by atoms with E-state index in [2.05, 4.69) is 0 Å². The van der Waals surface area contributed by atoms with Gasteiger partial charge in [-0.3, -0.25) is 9.69 Å². The number of hydrogen-bond acceptors (Lipinski definition) is 7. The van der Waals surface area contributed by atoms with Crippen LogP contribution in [0.15, 0.2) is 30.3 Å². The van der Waals surface area contributed by atoms with Crippen molar-refractivity contribution in [3.05, 3.63) is 35.9 Å². The molecule has 0 aromatic heterocycles. The maximum Gasteiger partial charge on any atom is 0.410 e. The number of esters is 2. The summed E-state index contributed by atoms with van der Waals surface area (Å²) >= 11 is 0. The van der Waals surface area contributed by atoms with E-state index in [0.29, 0.717) is 6.42 Å². The first-order valence-corrected chi connectivity index (χ1v) is 10.7. The molecule has 0 aliphatic rings. The molecule has 0 N–H and O–H groups in total. The monoisotopic (exact) mass is 451 g/mol. The zero-order chi connectivity index (χ0) is 24.4. The van der Waals surface area contributed by atoms with Crippen LogP contribution in [-0.2, 0) is 35.1 Å². The largest absolute Gasteiger partial charge is 0.467 e. The molecule has 1 amide bonds. The van der Waals surface area contributed by atoms with Crippen molar-refractivity contribution in [3.63, 3.8) is 0 Å². The molecule has 8 nitrogen and oxygen atoms in total. The van der Waals surface area contributed by atoms with Crippen LogP contribution in [-0.4, -0.2) is 60.4 Å². The van der Waals surface area contributed by atoms with Gasteiger partial charge in [-0.05, 0) is 53.5 Å². The highest BCUT2D eigenvalue weighted by Gasteiger charge is 2.33. The summed E-state index contributed by atoms with van der Waals surface area (Å²) in [5.41, 5.74) is -0.307. The first-order valence-electron chi connectivity index (χ1n) is 10.7. The van der Waals surface area contributed by atoms with Gasteiger partial charge in [0.15, 0.2) is 6.04 Å². The number of methoxy groups -OCH3 is 1. The van der Waals surface area contributed by atoms with E-state index >= 15 is 0 Å². The molecule has 0 saturated carbocycles. The van der Waals surface area contributed by atoms with Crippen LogP contribution >= 0.6 is 0 Å². The zero-order valence-electron chi connectivity index (χ0n) is 20.3. The predicted molar refractivity (Wildman–Crippen MR) is 120 cm³/mol. The van der Waals surface area contributed by atoms with Crippen LogP contribution in [0.5, 0.6) is 0 Å². The molecule has 180 valence electrons. The van der Waals surface area contributed by atoms with Gasteiger partial charge in [0, 0.05) is 13.0 Å². The standard InChI is InChI=1S/C24H37NO7/c1-23(2,3)31-17-19(21(27)29-7)25(15-11-14-20(26)32-24(4,5)6)22(28)30-16-18-12-9-8-10-13-18/h8-10,12-13,19H,11,14-17H2,1-7H3/t19-/m1/s1. The second-order valence-electron chi connectivity index (χ2n) is 9.39. The summed E-state index contributed by atoms with van der Waals surface area (Å²) < 4.78 is 21.4. The van der Waals surface area contributed by atoms with Crippen molar-refractivity contribution in [2.24, 2.45) is 0 Å². The minimum Gasteiger partial charge on any atom is -0.467 e. The van der Waals surface area contributed by atoms with Crippen LogP contribution < -0.4 is 0 Å². The Bertz CT molecular complexity index is 735. The van der Waals surface area contributed by atoms with E-state index in [1.165, 1.54) is 12.0 Å². The SMILES string of the molecule is COC(=O)[C@@H](COC(C)(C)C)N(CCCC(=O)OC(C)(C)C)C(=O)OCc1ccccc1. The summed E-state index contributed by atoms with van der Waals surface area (Å²) in [6, 6.07) is 8.21. The van der Waals surface area contributed by atoms with Crippen molar-refractivity contribution in [1.29, 1.82) is 0 Å². The van der Waals surface area contributed by atoms with Crippen LogP contribution in [0.25, 0.3) is 0 Å². The Labute approximate surface area is 191 Å². The molecule has 0 saturated heterocycles. The summed E-state index contributed by atoms with van der Waals surface area (Å²) in [6.07, 6.45) is -0.308. The van der Waals surface area contributed by atoms with Crippen molar-refractivity contribution in [2.75, 3.05) is 20.3 Å². The van der Waals surface area contributed by atoms with Crippen molar-refractivity contribution < 1.29 is 33.3 Å². The van der Waals surface area contributed by atoms with Crippen molar-refractivity contribution in [2.45, 2.75) is 78.2 Å². The van der Waals surface area contributed by atoms with Gasteiger partial charge in [0.1, 0.15) is 12.2 Å². The molecule has 0 aliphatic carbocycles. The Morgan fingerprint density at radius 1 is 0.969 bits per heavy atom. The van der Waals surface area contributed by atoms with Crippen molar-refractivity contribution in [3.8, 4) is 0 Å². The van der Waals surface area contributed by atoms with Gasteiger partial charge in [-0.1, -0.05) is 30.3 Å². The molecular weight excluding hydrogens is 414 g/mol. The van der Waals surface area contributed by atoms with Crippen LogP contribution in [0, 0.1) is 0 Å². The lowest BCUT2D eigenvalue weighted by Gasteiger charge is -2.31. The summed E-state index contributed by atoms with van der Waals surface area (Å²) in [5, 5.41) is 0. The third kappa shape index (κ3) is 11.1. The molecular formula is C24H37NO7. The average molecular weight is 452 g/mol. The molecule has 0 fully saturated rings. The Hall–Kier alpha value is -2.61. The molecule has 0 bridgehead atoms. The van der Waals surface area contributed by atoms with Gasteiger partial charge in [0.05, 0.1) is 19.3 Å². The number of carbonyl (C=O) groups excluding carboxylic acids is 3. The van der Waals surface area contributed by atoms with Crippen LogP contribution in [0.2, 0.25) is 0 Å². The Balaban J connectivity index is 2.93. The number of nitrogens with zero attached hydrogens (tertiary/aromatic N) is 1. The molecule has 0 spiro atoms. The highest BCUT2D eigenvalue weighted by molar-refractivity contribution is 5.81. The van der Waals surface area contributed by atoms with Gasteiger partial charge in [0.2, 0.25) is 0 Å². The van der Waals surface area contributed by atoms with Crippen LogP contribution in [0.4, 0.5) is 4.79 Å². The summed E-state index contributed by atoms with van der Waals surface area (Å²) in [6.45, 7) is 11.0. The van der Waals surface area contributed by atoms with Gasteiger partial charge in [-0.25, -0.2) is 9.59 Å². The van der Waals surface area contributed by atoms with Crippen molar-refractivity contribution in [1.82, 2.24) is 4.90 Å². The topological polar surface area (TPSA) is 91.4 Å². The lowest BCUT2D eigenvalue weighted by molar-refractivity contribution is -0.155. The van der Waals surface area contributed by atoms with E-state index in [0.717, 1.165) is 5.56 Å². The number of hydrogen-bond donors (Lipinski definition) is 0. The second-order valence-corrected chi connectivity index (χ2v) is 9.39. The van der Waals surface area contributed by atoms with Gasteiger partial charge >= 0.3 is 18.0 Å². The van der Waals surface area contributed by atoms with Gasteiger partial charge < -0.3 is 18.9 Å². The first kappa shape index (κ1) is 27.4. The summed E-state index contributed by atoms with van der Waals surface area (Å²) in [7, 11) is 1.25. The number of rotatable bonds is 10. The Morgan fingerprint density at radius 2 is 1.59 bits per heavy atom. The quantitative estimate of drug-likeness (QED) is 0.391. The average Bonchev–Trinajstić information content (AvgIpc) is 2.69. The lowest BCUT2D eigenvalue weighted by Crippen LogP contribution is -2.50. The summed E-state index contributed by atoms with van der Waals surface area (Å²) in [5.74, 6) is -1.00. The maximum absolute atomic E-state index is 12.9. The van der Waals surface area contributed by atoms with Crippen LogP contribution in [0.3, 0.4) is 0 Å². The highest BCUT2D eigenvalue weighted by Crippen LogP contribution is 2.15. The van der Waals surface area contributed by atoms with Gasteiger partial charge in [0.25, 0.3) is 0 Å². The molecule has 1 atom stereocenters. The van der Waals surface area contributed by atoms with E-state index in [1.807, 2.05) is 51.1 Å². The zero-order valence-corrected chi connectivity index (χ0v) is 20.3. The fourth-order valence-electron chi connectivity index (χ4n) is 2.71. The van der Waals surface area contributed by atoms with Crippen LogP contribution in [0.1, 0.15) is 59.9 Å².